The van der Waals surface area contributed by atoms with Gasteiger partial charge in [-0.25, -0.2) is 13.8 Å². The first-order chi connectivity index (χ1) is 16.4. The lowest BCUT2D eigenvalue weighted by Gasteiger charge is -2.34. The molecule has 1 saturated heterocycles. The van der Waals surface area contributed by atoms with Crippen molar-refractivity contribution >= 4 is 11.6 Å². The van der Waals surface area contributed by atoms with Crippen LogP contribution in [0, 0.1) is 5.82 Å². The highest BCUT2D eigenvalue weighted by atomic mass is 19.1. The normalized spacial score (nSPS) is 16.6. The molecule has 180 valence electrons. The van der Waals surface area contributed by atoms with Gasteiger partial charge in [-0.1, -0.05) is 18.6 Å². The second-order valence-electron chi connectivity index (χ2n) is 8.66. The van der Waals surface area contributed by atoms with E-state index in [1.54, 1.807) is 19.1 Å². The third-order valence-corrected chi connectivity index (χ3v) is 6.44. The summed E-state index contributed by atoms with van der Waals surface area (Å²) in [6.45, 7) is 3.34. The van der Waals surface area contributed by atoms with Crippen molar-refractivity contribution in [3.8, 4) is 0 Å². The lowest BCUT2D eigenvalue weighted by Crippen LogP contribution is -2.51. The highest BCUT2D eigenvalue weighted by molar-refractivity contribution is 6.01. The van der Waals surface area contributed by atoms with Crippen molar-refractivity contribution in [1.82, 2.24) is 19.0 Å². The van der Waals surface area contributed by atoms with Crippen LogP contribution < -0.4 is 21.5 Å². The third-order valence-electron chi connectivity index (χ3n) is 6.44. The molecule has 34 heavy (non-hydrogen) atoms. The van der Waals surface area contributed by atoms with E-state index in [0.29, 0.717) is 5.56 Å². The second-order valence-corrected chi connectivity index (χ2v) is 8.66. The molecule has 0 bridgehead atoms. The molecule has 1 fully saturated rings. The number of benzene rings is 1. The molecule has 1 aliphatic rings. The molecule has 1 aliphatic heterocycles. The number of anilines is 1. The number of nitrogen functional groups attached to an aromatic ring is 1. The Morgan fingerprint density at radius 1 is 1.21 bits per heavy atom. The zero-order chi connectivity index (χ0) is 24.2. The van der Waals surface area contributed by atoms with Crippen LogP contribution in [-0.4, -0.2) is 43.9 Å². The Hall–Kier alpha value is -3.53. The van der Waals surface area contributed by atoms with Gasteiger partial charge in [0.1, 0.15) is 36.1 Å². The van der Waals surface area contributed by atoms with E-state index in [0.717, 1.165) is 36.9 Å². The Labute approximate surface area is 196 Å². The molecule has 9 nitrogen and oxygen atoms in total. The molecule has 1 aromatic carbocycles. The summed E-state index contributed by atoms with van der Waals surface area (Å²) in [5, 5.41) is 0. The zero-order valence-electron chi connectivity index (χ0n) is 19.2. The van der Waals surface area contributed by atoms with E-state index in [1.165, 1.54) is 16.7 Å². The Morgan fingerprint density at radius 3 is 2.65 bits per heavy atom. The number of aromatic amines is 1. The molecular weight excluding hydrogens is 439 g/mol. The fraction of sp³-hybridized carbons (Fsp3) is 0.417. The monoisotopic (exact) mass is 469 g/mol. The predicted molar refractivity (Wildman–Crippen MR) is 125 cm³/mol. The second kappa shape index (κ2) is 10.2. The average Bonchev–Trinajstić information content (AvgIpc) is 3.33. The van der Waals surface area contributed by atoms with E-state index in [1.807, 2.05) is 23.3 Å². The fourth-order valence-electron chi connectivity index (χ4n) is 4.60. The van der Waals surface area contributed by atoms with Gasteiger partial charge >= 0.3 is 5.69 Å². The maximum atomic E-state index is 13.4. The van der Waals surface area contributed by atoms with Crippen molar-refractivity contribution in [2.24, 2.45) is 0 Å². The smallest absolute Gasteiger partial charge is 0.332 e. The summed E-state index contributed by atoms with van der Waals surface area (Å²) in [5.41, 5.74) is 5.47. The van der Waals surface area contributed by atoms with Crippen molar-refractivity contribution in [3.63, 3.8) is 0 Å². The summed E-state index contributed by atoms with van der Waals surface area (Å²) >= 11 is 0. The van der Waals surface area contributed by atoms with Crippen LogP contribution in [0.15, 0.2) is 52.6 Å². The first kappa shape index (κ1) is 23.6. The minimum Gasteiger partial charge on any atom is -0.384 e. The maximum absolute atomic E-state index is 13.4. The van der Waals surface area contributed by atoms with Gasteiger partial charge in [-0.3, -0.25) is 28.6 Å². The number of Topliss-reactive ketones (excluding diaryl/α,β-unsaturated/α-hetero) is 1. The van der Waals surface area contributed by atoms with Crippen LogP contribution in [0.5, 0.6) is 0 Å². The molecular formula is C24H30FN6O3+. The van der Waals surface area contributed by atoms with Gasteiger partial charge in [0.15, 0.2) is 5.78 Å². The van der Waals surface area contributed by atoms with Crippen LogP contribution >= 0.6 is 0 Å². The molecule has 0 amide bonds. The van der Waals surface area contributed by atoms with Gasteiger partial charge in [-0.05, 0) is 44.0 Å². The molecule has 0 unspecified atom stereocenters. The summed E-state index contributed by atoms with van der Waals surface area (Å²) in [7, 11) is 0. The Kier molecular flexibility index (Phi) is 7.06. The largest absolute Gasteiger partial charge is 0.384 e. The number of piperidine rings is 1. The van der Waals surface area contributed by atoms with Crippen LogP contribution in [0.2, 0.25) is 0 Å². The SMILES string of the molecule is CCn1c(=O)c(C(=O)CN2CCCC[C@@H]2C[n+]2cc[nH]c2)c(N)n(Cc2ccc(F)cc2)c1=O. The number of hydrogen-bond acceptors (Lipinski definition) is 5. The molecule has 0 radical (unpaired) electrons. The zero-order valence-corrected chi connectivity index (χ0v) is 19.2. The summed E-state index contributed by atoms with van der Waals surface area (Å²) in [4.78, 5) is 44.6. The highest BCUT2D eigenvalue weighted by Gasteiger charge is 2.29. The Morgan fingerprint density at radius 2 is 1.97 bits per heavy atom. The lowest BCUT2D eigenvalue weighted by molar-refractivity contribution is -0.700. The quantitative estimate of drug-likeness (QED) is 0.380. The number of hydrogen-bond donors (Lipinski definition) is 2. The summed E-state index contributed by atoms with van der Waals surface area (Å²) in [6.07, 6.45) is 8.66. The number of rotatable bonds is 8. The van der Waals surface area contributed by atoms with Gasteiger partial charge in [0.25, 0.3) is 5.56 Å². The summed E-state index contributed by atoms with van der Waals surface area (Å²) < 4.78 is 17.6. The molecule has 0 aliphatic carbocycles. The molecule has 0 spiro atoms. The molecule has 2 aromatic heterocycles. The number of nitrogens with two attached hydrogens (primary N) is 1. The maximum Gasteiger partial charge on any atom is 0.332 e. The molecule has 0 saturated carbocycles. The van der Waals surface area contributed by atoms with E-state index in [-0.39, 0.29) is 37.1 Å². The third kappa shape index (κ3) is 4.86. The number of nitrogens with zero attached hydrogens (tertiary/aromatic N) is 4. The van der Waals surface area contributed by atoms with E-state index in [4.69, 9.17) is 5.73 Å². The molecule has 10 heteroatoms. The number of ketones is 1. The van der Waals surface area contributed by atoms with Gasteiger partial charge in [-0.2, -0.15) is 0 Å². The Bertz CT molecular complexity index is 1260. The van der Waals surface area contributed by atoms with Crippen LogP contribution in [0.4, 0.5) is 10.2 Å². The number of nitrogens with one attached hydrogen (secondary N) is 1. The first-order valence-corrected chi connectivity index (χ1v) is 11.6. The standard InChI is InChI=1S/C24H29FN6O3/c1-2-30-23(33)21(22(26)31(24(30)34)13-17-6-8-18(25)9-7-17)20(32)15-29-11-4-3-5-19(29)14-28-12-10-27-16-28/h6-10,12,16,19H,2-5,11,13-15H2,1H3,(H2,26,32,33)/p+1/t19-/m1/s1. The van der Waals surface area contributed by atoms with Crippen LogP contribution in [-0.2, 0) is 19.6 Å². The van der Waals surface area contributed by atoms with Gasteiger partial charge in [0, 0.05) is 12.6 Å². The van der Waals surface area contributed by atoms with Crippen LogP contribution in [0.1, 0.15) is 42.1 Å². The van der Waals surface area contributed by atoms with Crippen molar-refractivity contribution in [1.29, 1.82) is 0 Å². The number of halogens is 1. The average molecular weight is 470 g/mol. The number of carbonyl (C=O) groups excluding carboxylic acids is 1. The number of carbonyl (C=O) groups is 1. The van der Waals surface area contributed by atoms with Crippen LogP contribution in [0.25, 0.3) is 0 Å². The molecule has 3 N–H and O–H groups in total. The van der Waals surface area contributed by atoms with Crippen LogP contribution in [0.3, 0.4) is 0 Å². The van der Waals surface area contributed by atoms with Crippen molar-refractivity contribution in [2.75, 3.05) is 18.8 Å². The van der Waals surface area contributed by atoms with E-state index >= 15 is 0 Å². The van der Waals surface area contributed by atoms with Gasteiger partial charge in [0.05, 0.1) is 13.1 Å². The van der Waals surface area contributed by atoms with E-state index in [9.17, 15) is 18.8 Å². The number of aromatic nitrogens is 4. The van der Waals surface area contributed by atoms with Crippen molar-refractivity contribution < 1.29 is 13.8 Å². The highest BCUT2D eigenvalue weighted by Crippen LogP contribution is 2.19. The van der Waals surface area contributed by atoms with Gasteiger partial charge in [-0.15, -0.1) is 0 Å². The fourth-order valence-corrected chi connectivity index (χ4v) is 4.60. The topological polar surface area (TPSA) is 110 Å². The molecule has 4 rings (SSSR count). The minimum absolute atomic E-state index is 0.0297. The predicted octanol–water partition coefficient (Wildman–Crippen LogP) is 1.15. The molecule has 1 atom stereocenters. The summed E-state index contributed by atoms with van der Waals surface area (Å²) in [5.74, 6) is -0.946. The van der Waals surface area contributed by atoms with Gasteiger partial charge < -0.3 is 5.73 Å². The molecule has 3 heterocycles. The van der Waals surface area contributed by atoms with Crippen molar-refractivity contribution in [2.45, 2.75) is 51.9 Å². The van der Waals surface area contributed by atoms with E-state index in [2.05, 4.69) is 9.88 Å². The van der Waals surface area contributed by atoms with Crippen molar-refractivity contribution in [3.05, 3.63) is 80.8 Å². The number of likely N-dealkylation sites (tertiary alicyclic amines) is 1. The first-order valence-electron chi connectivity index (χ1n) is 11.6. The number of H-pyrrole nitrogens is 1. The van der Waals surface area contributed by atoms with Gasteiger partial charge in [0.2, 0.25) is 6.33 Å². The summed E-state index contributed by atoms with van der Waals surface area (Å²) in [6, 6.07) is 5.81. The van der Waals surface area contributed by atoms with E-state index < -0.39 is 22.8 Å². The molecule has 3 aromatic rings. The number of imidazole rings is 1. The Balaban J connectivity index is 1.65. The minimum atomic E-state index is -0.668. The lowest BCUT2D eigenvalue weighted by atomic mass is 10.0.